The molecule has 0 unspecified atom stereocenters. The second-order valence-corrected chi connectivity index (χ2v) is 4.47. The van der Waals surface area contributed by atoms with E-state index in [1.54, 1.807) is 0 Å². The molecule has 0 aliphatic heterocycles. The molecule has 0 aromatic carbocycles. The number of hydrogen-bond donors (Lipinski definition) is 1. The van der Waals surface area contributed by atoms with Crippen LogP contribution in [0.4, 0.5) is 0 Å². The van der Waals surface area contributed by atoms with E-state index in [9.17, 15) is 0 Å². The minimum Gasteiger partial charge on any atom is -0.328 e. The van der Waals surface area contributed by atoms with Crippen molar-refractivity contribution < 1.29 is 0 Å². The van der Waals surface area contributed by atoms with E-state index in [0.717, 1.165) is 11.8 Å². The topological polar surface area (TPSA) is 26.0 Å². The van der Waals surface area contributed by atoms with Gasteiger partial charge in [0.05, 0.1) is 0 Å². The number of hydrogen-bond acceptors (Lipinski definition) is 1. The van der Waals surface area contributed by atoms with Crippen molar-refractivity contribution in [2.24, 2.45) is 17.6 Å². The summed E-state index contributed by atoms with van der Waals surface area (Å²) in [6.45, 7) is 0. The molecule has 1 nitrogen and oxygen atoms in total. The molecule has 0 saturated heterocycles. The van der Waals surface area contributed by atoms with E-state index in [1.807, 2.05) is 0 Å². The first-order valence-electron chi connectivity index (χ1n) is 5.10. The van der Waals surface area contributed by atoms with Gasteiger partial charge in [0.15, 0.2) is 0 Å². The Labute approximate surface area is 69.4 Å². The molecular formula is C10H19N. The smallest absolute Gasteiger partial charge is 0.00441 e. The maximum absolute atomic E-state index is 5.72. The SMILES string of the molecule is NC1CC(CCC2CCC2)C1. The van der Waals surface area contributed by atoms with E-state index in [1.165, 1.54) is 44.9 Å². The quantitative estimate of drug-likeness (QED) is 0.661. The van der Waals surface area contributed by atoms with Crippen LogP contribution < -0.4 is 5.73 Å². The Balaban J connectivity index is 1.53. The van der Waals surface area contributed by atoms with Gasteiger partial charge < -0.3 is 5.73 Å². The maximum Gasteiger partial charge on any atom is 0.00441 e. The lowest BCUT2D eigenvalue weighted by molar-refractivity contribution is 0.204. The van der Waals surface area contributed by atoms with E-state index in [0.29, 0.717) is 6.04 Å². The monoisotopic (exact) mass is 153 g/mol. The molecule has 2 rings (SSSR count). The fraction of sp³-hybridized carbons (Fsp3) is 1.00. The molecule has 2 N–H and O–H groups in total. The van der Waals surface area contributed by atoms with Crippen LogP contribution >= 0.6 is 0 Å². The van der Waals surface area contributed by atoms with E-state index >= 15 is 0 Å². The normalized spacial score (nSPS) is 37.9. The largest absolute Gasteiger partial charge is 0.328 e. The van der Waals surface area contributed by atoms with Crippen molar-refractivity contribution in [1.29, 1.82) is 0 Å². The van der Waals surface area contributed by atoms with Gasteiger partial charge in [-0.25, -0.2) is 0 Å². The second kappa shape index (κ2) is 3.14. The summed E-state index contributed by atoms with van der Waals surface area (Å²) in [7, 11) is 0. The van der Waals surface area contributed by atoms with Crippen LogP contribution in [-0.2, 0) is 0 Å². The van der Waals surface area contributed by atoms with Gasteiger partial charge in [0, 0.05) is 6.04 Å². The fourth-order valence-corrected chi connectivity index (χ4v) is 2.28. The highest BCUT2D eigenvalue weighted by atomic mass is 14.7. The molecule has 0 atom stereocenters. The van der Waals surface area contributed by atoms with Crippen LogP contribution in [0.3, 0.4) is 0 Å². The molecule has 1 heteroatoms. The lowest BCUT2D eigenvalue weighted by Crippen LogP contribution is -2.36. The molecule has 0 aromatic heterocycles. The zero-order valence-electron chi connectivity index (χ0n) is 7.26. The van der Waals surface area contributed by atoms with Gasteiger partial charge in [0.2, 0.25) is 0 Å². The second-order valence-electron chi connectivity index (χ2n) is 4.47. The highest BCUT2D eigenvalue weighted by Gasteiger charge is 2.27. The Kier molecular flexibility index (Phi) is 2.17. The third-order valence-electron chi connectivity index (χ3n) is 3.48. The average molecular weight is 153 g/mol. The molecule has 0 spiro atoms. The molecule has 0 aromatic rings. The van der Waals surface area contributed by atoms with Crippen molar-refractivity contribution in [2.75, 3.05) is 0 Å². The zero-order chi connectivity index (χ0) is 7.68. The summed E-state index contributed by atoms with van der Waals surface area (Å²) in [6.07, 6.45) is 10.1. The third kappa shape index (κ3) is 1.76. The molecule has 0 radical (unpaired) electrons. The summed E-state index contributed by atoms with van der Waals surface area (Å²) in [6, 6.07) is 0.557. The first-order chi connectivity index (χ1) is 5.34. The first-order valence-corrected chi connectivity index (χ1v) is 5.10. The Morgan fingerprint density at radius 1 is 1.00 bits per heavy atom. The number of nitrogens with two attached hydrogens (primary N) is 1. The Bertz CT molecular complexity index is 123. The lowest BCUT2D eigenvalue weighted by atomic mass is 9.74. The van der Waals surface area contributed by atoms with Crippen LogP contribution in [0.5, 0.6) is 0 Å². The summed E-state index contributed by atoms with van der Waals surface area (Å²) in [5.74, 6) is 2.11. The number of rotatable bonds is 3. The van der Waals surface area contributed by atoms with Gasteiger partial charge in [-0.05, 0) is 24.7 Å². The van der Waals surface area contributed by atoms with Gasteiger partial charge in [-0.2, -0.15) is 0 Å². The van der Waals surface area contributed by atoms with Crippen molar-refractivity contribution in [3.8, 4) is 0 Å². The predicted octanol–water partition coefficient (Wildman–Crippen LogP) is 2.30. The Morgan fingerprint density at radius 2 is 1.64 bits per heavy atom. The molecule has 0 amide bonds. The van der Waals surface area contributed by atoms with Crippen LogP contribution in [-0.4, -0.2) is 6.04 Å². The van der Waals surface area contributed by atoms with Gasteiger partial charge in [-0.15, -0.1) is 0 Å². The fourth-order valence-electron chi connectivity index (χ4n) is 2.28. The molecule has 0 bridgehead atoms. The lowest BCUT2D eigenvalue weighted by Gasteiger charge is -2.35. The van der Waals surface area contributed by atoms with Gasteiger partial charge >= 0.3 is 0 Å². The Morgan fingerprint density at radius 3 is 2.09 bits per heavy atom. The highest BCUT2D eigenvalue weighted by molar-refractivity contribution is 4.83. The van der Waals surface area contributed by atoms with E-state index in [2.05, 4.69) is 0 Å². The van der Waals surface area contributed by atoms with Crippen molar-refractivity contribution in [1.82, 2.24) is 0 Å². The molecule has 64 valence electrons. The molecule has 2 aliphatic carbocycles. The summed E-state index contributed by atoms with van der Waals surface area (Å²) in [4.78, 5) is 0. The summed E-state index contributed by atoms with van der Waals surface area (Å²) in [5, 5.41) is 0. The van der Waals surface area contributed by atoms with Crippen LogP contribution in [0.15, 0.2) is 0 Å². The molecule has 11 heavy (non-hydrogen) atoms. The van der Waals surface area contributed by atoms with E-state index in [-0.39, 0.29) is 0 Å². The van der Waals surface area contributed by atoms with Gasteiger partial charge in [-0.1, -0.05) is 32.1 Å². The molecule has 0 heterocycles. The van der Waals surface area contributed by atoms with Crippen LogP contribution in [0, 0.1) is 11.8 Å². The summed E-state index contributed by atoms with van der Waals surface area (Å²) >= 11 is 0. The highest BCUT2D eigenvalue weighted by Crippen LogP contribution is 2.36. The van der Waals surface area contributed by atoms with Crippen LogP contribution in [0.2, 0.25) is 0 Å². The van der Waals surface area contributed by atoms with Crippen molar-refractivity contribution in [3.05, 3.63) is 0 Å². The van der Waals surface area contributed by atoms with Crippen LogP contribution in [0.1, 0.15) is 44.9 Å². The minimum absolute atomic E-state index is 0.557. The van der Waals surface area contributed by atoms with Gasteiger partial charge in [0.1, 0.15) is 0 Å². The third-order valence-corrected chi connectivity index (χ3v) is 3.48. The predicted molar refractivity (Wildman–Crippen MR) is 47.3 cm³/mol. The van der Waals surface area contributed by atoms with E-state index in [4.69, 9.17) is 5.73 Å². The zero-order valence-corrected chi connectivity index (χ0v) is 7.26. The first kappa shape index (κ1) is 7.60. The Hall–Kier alpha value is -0.0400. The van der Waals surface area contributed by atoms with Gasteiger partial charge in [0.25, 0.3) is 0 Å². The van der Waals surface area contributed by atoms with Crippen molar-refractivity contribution in [2.45, 2.75) is 51.0 Å². The average Bonchev–Trinajstić information content (AvgIpc) is 1.80. The maximum atomic E-state index is 5.72. The van der Waals surface area contributed by atoms with Crippen LogP contribution in [0.25, 0.3) is 0 Å². The summed E-state index contributed by atoms with van der Waals surface area (Å²) in [5.41, 5.74) is 5.72. The van der Waals surface area contributed by atoms with Crippen molar-refractivity contribution >= 4 is 0 Å². The molecular weight excluding hydrogens is 134 g/mol. The summed E-state index contributed by atoms with van der Waals surface area (Å²) < 4.78 is 0. The van der Waals surface area contributed by atoms with Crippen molar-refractivity contribution in [3.63, 3.8) is 0 Å². The van der Waals surface area contributed by atoms with Gasteiger partial charge in [-0.3, -0.25) is 0 Å². The molecule has 2 saturated carbocycles. The molecule has 2 fully saturated rings. The standard InChI is InChI=1S/C10H19N/c11-10-6-9(7-10)5-4-8-2-1-3-8/h8-10H,1-7,11H2. The molecule has 2 aliphatic rings. The van der Waals surface area contributed by atoms with E-state index < -0.39 is 0 Å². The minimum atomic E-state index is 0.557.